The highest BCUT2D eigenvalue weighted by atomic mass is 35.5. The number of phenols is 1. The molecule has 0 saturated carbocycles. The predicted molar refractivity (Wildman–Crippen MR) is 91.2 cm³/mol. The van der Waals surface area contributed by atoms with Crippen LogP contribution >= 0.6 is 36.4 Å². The van der Waals surface area contributed by atoms with Gasteiger partial charge in [0.1, 0.15) is 5.75 Å². The van der Waals surface area contributed by atoms with E-state index in [1.807, 2.05) is 30.1 Å². The minimum Gasteiger partial charge on any atom is -0.508 e. The van der Waals surface area contributed by atoms with Gasteiger partial charge in [-0.3, -0.25) is 0 Å². The van der Waals surface area contributed by atoms with Gasteiger partial charge in [-0.15, -0.1) is 24.2 Å². The van der Waals surface area contributed by atoms with Crippen LogP contribution in [0.3, 0.4) is 0 Å². The largest absolute Gasteiger partial charge is 0.508 e. The highest BCUT2D eigenvalue weighted by Crippen LogP contribution is 2.37. The number of hydrogen-bond acceptors (Lipinski definition) is 4. The van der Waals surface area contributed by atoms with Crippen LogP contribution < -0.4 is 5.73 Å². The molecule has 0 spiro atoms. The first-order valence-corrected chi connectivity index (χ1v) is 8.02. The molecule has 0 bridgehead atoms. The zero-order valence-corrected chi connectivity index (χ0v) is 13.9. The zero-order valence-electron chi connectivity index (χ0n) is 11.4. The molecule has 1 atom stereocenters. The van der Waals surface area contributed by atoms with Crippen LogP contribution in [0.1, 0.15) is 17.3 Å². The van der Waals surface area contributed by atoms with E-state index in [0.717, 1.165) is 29.1 Å². The fourth-order valence-electron chi connectivity index (χ4n) is 2.69. The predicted octanol–water partition coefficient (Wildman–Crippen LogP) is 3.06. The van der Waals surface area contributed by atoms with Crippen LogP contribution in [-0.2, 0) is 12.8 Å². The SMILES string of the molecule is Cl.NCCc1c[nH]c(=S)n1[C@@H]1CSc2ccc(O)cc2C1. The fraction of sp³-hybridized carbons (Fsp3) is 0.357. The van der Waals surface area contributed by atoms with Gasteiger partial charge in [0.15, 0.2) is 4.77 Å². The second-order valence-electron chi connectivity index (χ2n) is 4.95. The first-order valence-electron chi connectivity index (χ1n) is 6.62. The highest BCUT2D eigenvalue weighted by molar-refractivity contribution is 7.99. The van der Waals surface area contributed by atoms with E-state index in [1.165, 1.54) is 10.5 Å². The van der Waals surface area contributed by atoms with Crippen molar-refractivity contribution in [3.63, 3.8) is 0 Å². The standard InChI is InChI=1S/C14H17N3OS2.ClH/c15-4-3-10-7-16-14(19)17(10)11-5-9-6-12(18)1-2-13(9)20-8-11;/h1-2,6-7,11,18H,3-5,8,15H2,(H,16,19);1H/t11-;/m0./s1. The summed E-state index contributed by atoms with van der Waals surface area (Å²) in [6, 6.07) is 5.90. The summed E-state index contributed by atoms with van der Waals surface area (Å²) in [5.74, 6) is 1.31. The number of nitrogens with zero attached hydrogens (tertiary/aromatic N) is 1. The van der Waals surface area contributed by atoms with Crippen LogP contribution in [0, 0.1) is 4.77 Å². The highest BCUT2D eigenvalue weighted by Gasteiger charge is 2.23. The van der Waals surface area contributed by atoms with Crippen LogP contribution in [0.4, 0.5) is 0 Å². The van der Waals surface area contributed by atoms with Crippen LogP contribution in [0.5, 0.6) is 5.75 Å². The number of fused-ring (bicyclic) bond motifs is 1. The van der Waals surface area contributed by atoms with E-state index < -0.39 is 0 Å². The summed E-state index contributed by atoms with van der Waals surface area (Å²) < 4.78 is 2.94. The third kappa shape index (κ3) is 3.29. The molecule has 1 aromatic carbocycles. The molecule has 0 radical (unpaired) electrons. The van der Waals surface area contributed by atoms with Gasteiger partial charge in [-0.05, 0) is 48.9 Å². The van der Waals surface area contributed by atoms with Crippen molar-refractivity contribution in [2.24, 2.45) is 5.73 Å². The molecule has 2 aromatic rings. The molecule has 1 aliphatic heterocycles. The Kier molecular flexibility index (Phi) is 5.37. The molecule has 0 aliphatic carbocycles. The summed E-state index contributed by atoms with van der Waals surface area (Å²) in [5, 5.41) is 9.64. The molecule has 0 fully saturated rings. The molecular formula is C14H18ClN3OS2. The lowest BCUT2D eigenvalue weighted by Gasteiger charge is -2.26. The number of aromatic nitrogens is 2. The quantitative estimate of drug-likeness (QED) is 0.749. The van der Waals surface area contributed by atoms with Crippen molar-refractivity contribution in [3.05, 3.63) is 40.4 Å². The number of aromatic amines is 1. The molecule has 4 nitrogen and oxygen atoms in total. The monoisotopic (exact) mass is 343 g/mol. The third-order valence-electron chi connectivity index (χ3n) is 3.59. The second-order valence-corrected chi connectivity index (χ2v) is 6.40. The summed E-state index contributed by atoms with van der Waals surface area (Å²) in [5.41, 5.74) is 8.01. The number of phenolic OH excluding ortho intramolecular Hbond substituents is 1. The molecule has 21 heavy (non-hydrogen) atoms. The van der Waals surface area contributed by atoms with E-state index >= 15 is 0 Å². The molecule has 4 N–H and O–H groups in total. The lowest BCUT2D eigenvalue weighted by Crippen LogP contribution is -2.21. The lowest BCUT2D eigenvalue weighted by atomic mass is 10.1. The summed E-state index contributed by atoms with van der Waals surface area (Å²) in [6.45, 7) is 0.615. The Balaban J connectivity index is 0.00000161. The van der Waals surface area contributed by atoms with Crippen LogP contribution in [0.15, 0.2) is 29.3 Å². The van der Waals surface area contributed by atoms with Gasteiger partial charge >= 0.3 is 0 Å². The molecule has 1 aromatic heterocycles. The van der Waals surface area contributed by atoms with Crippen molar-refractivity contribution < 1.29 is 5.11 Å². The molecule has 2 heterocycles. The first-order chi connectivity index (χ1) is 9.69. The maximum absolute atomic E-state index is 9.64. The number of rotatable bonds is 3. The number of hydrogen-bond donors (Lipinski definition) is 3. The van der Waals surface area contributed by atoms with Crippen LogP contribution in [0.2, 0.25) is 0 Å². The van der Waals surface area contributed by atoms with E-state index in [-0.39, 0.29) is 12.4 Å². The van der Waals surface area contributed by atoms with E-state index in [4.69, 9.17) is 18.0 Å². The van der Waals surface area contributed by atoms with Gasteiger partial charge in [0.05, 0.1) is 0 Å². The van der Waals surface area contributed by atoms with Crippen molar-refractivity contribution in [2.75, 3.05) is 12.3 Å². The molecule has 3 rings (SSSR count). The van der Waals surface area contributed by atoms with Gasteiger partial charge in [-0.25, -0.2) is 0 Å². The van der Waals surface area contributed by atoms with Crippen LogP contribution in [0.25, 0.3) is 0 Å². The molecule has 1 aliphatic rings. The van der Waals surface area contributed by atoms with Gasteiger partial charge in [0.2, 0.25) is 0 Å². The minimum absolute atomic E-state index is 0. The smallest absolute Gasteiger partial charge is 0.177 e. The van der Waals surface area contributed by atoms with E-state index in [1.54, 1.807) is 6.07 Å². The molecule has 0 unspecified atom stereocenters. The maximum atomic E-state index is 9.64. The number of aromatic hydroxyl groups is 1. The normalized spacial score (nSPS) is 17.1. The average molecular weight is 344 g/mol. The van der Waals surface area contributed by atoms with Crippen molar-refractivity contribution in [3.8, 4) is 5.75 Å². The summed E-state index contributed by atoms with van der Waals surface area (Å²) in [7, 11) is 0. The van der Waals surface area contributed by atoms with Crippen molar-refractivity contribution >= 4 is 36.4 Å². The summed E-state index contributed by atoms with van der Waals surface area (Å²) >= 11 is 7.22. The Bertz CT molecular complexity index is 683. The maximum Gasteiger partial charge on any atom is 0.177 e. The molecule has 0 saturated heterocycles. The number of nitrogens with two attached hydrogens (primary N) is 1. The van der Waals surface area contributed by atoms with Gasteiger partial charge in [-0.2, -0.15) is 0 Å². The third-order valence-corrected chi connectivity index (χ3v) is 5.16. The van der Waals surface area contributed by atoms with Gasteiger partial charge < -0.3 is 20.4 Å². The van der Waals surface area contributed by atoms with Gasteiger partial charge in [0.25, 0.3) is 0 Å². The Labute approximate surface area is 139 Å². The van der Waals surface area contributed by atoms with Gasteiger partial charge in [0, 0.05) is 35.0 Å². The Hall–Kier alpha value is -0.950. The summed E-state index contributed by atoms with van der Waals surface area (Å²) in [4.78, 5) is 4.37. The zero-order chi connectivity index (χ0) is 14.1. The van der Waals surface area contributed by atoms with Crippen molar-refractivity contribution in [1.82, 2.24) is 9.55 Å². The number of benzene rings is 1. The topological polar surface area (TPSA) is 67.0 Å². The fourth-order valence-corrected chi connectivity index (χ4v) is 4.14. The van der Waals surface area contributed by atoms with Crippen molar-refractivity contribution in [2.45, 2.75) is 23.8 Å². The number of imidazole rings is 1. The second kappa shape index (κ2) is 6.87. The minimum atomic E-state index is 0. The Morgan fingerprint density at radius 2 is 2.29 bits per heavy atom. The number of H-pyrrole nitrogens is 1. The van der Waals surface area contributed by atoms with E-state index in [2.05, 4.69) is 9.55 Å². The van der Waals surface area contributed by atoms with Crippen molar-refractivity contribution in [1.29, 1.82) is 0 Å². The molecule has 114 valence electrons. The molecular weight excluding hydrogens is 326 g/mol. The lowest BCUT2D eigenvalue weighted by molar-refractivity contribution is 0.470. The first kappa shape index (κ1) is 16.4. The average Bonchev–Trinajstić information content (AvgIpc) is 2.79. The molecule has 7 heteroatoms. The molecule has 0 amide bonds. The van der Waals surface area contributed by atoms with Gasteiger partial charge in [-0.1, -0.05) is 0 Å². The van der Waals surface area contributed by atoms with Crippen LogP contribution in [-0.4, -0.2) is 27.0 Å². The number of thioether (sulfide) groups is 1. The Morgan fingerprint density at radius 3 is 3.05 bits per heavy atom. The number of nitrogens with one attached hydrogen (secondary N) is 1. The van der Waals surface area contributed by atoms with E-state index in [0.29, 0.717) is 18.3 Å². The number of halogens is 1. The Morgan fingerprint density at radius 1 is 1.48 bits per heavy atom. The van der Waals surface area contributed by atoms with E-state index in [9.17, 15) is 5.11 Å². The summed E-state index contributed by atoms with van der Waals surface area (Å²) in [6.07, 6.45) is 3.67.